The lowest BCUT2D eigenvalue weighted by atomic mass is 10.1. The fourth-order valence-electron chi connectivity index (χ4n) is 1.67. The molecule has 0 aliphatic heterocycles. The average Bonchev–Trinajstić information content (AvgIpc) is 2.38. The van der Waals surface area contributed by atoms with Crippen molar-refractivity contribution in [1.82, 2.24) is 0 Å². The largest absolute Gasteiger partial charge is 0.466 e. The van der Waals surface area contributed by atoms with E-state index in [2.05, 4.69) is 0 Å². The number of esters is 2. The lowest BCUT2D eigenvalue weighted by Crippen LogP contribution is -2.06. The number of benzene rings is 1. The van der Waals surface area contributed by atoms with Crippen LogP contribution in [-0.4, -0.2) is 24.3 Å². The first-order chi connectivity index (χ1) is 9.52. The molecule has 5 heteroatoms. The SMILES string of the molecule is CCOC(=O)CCCC(=O)c1cccc(OC(C)=O)c1. The number of carbonyl (C=O) groups excluding carboxylic acids is 3. The summed E-state index contributed by atoms with van der Waals surface area (Å²) >= 11 is 0. The van der Waals surface area contributed by atoms with Gasteiger partial charge in [0.1, 0.15) is 5.75 Å². The Kier molecular flexibility index (Phi) is 6.43. The van der Waals surface area contributed by atoms with Gasteiger partial charge in [0.05, 0.1) is 6.61 Å². The second kappa shape index (κ2) is 8.09. The molecule has 0 unspecified atom stereocenters. The molecule has 1 aromatic carbocycles. The van der Waals surface area contributed by atoms with Crippen LogP contribution in [-0.2, 0) is 14.3 Å². The third-order valence-electron chi connectivity index (χ3n) is 2.51. The van der Waals surface area contributed by atoms with Gasteiger partial charge in [-0.2, -0.15) is 0 Å². The molecule has 0 N–H and O–H groups in total. The van der Waals surface area contributed by atoms with Crippen LogP contribution >= 0.6 is 0 Å². The number of carbonyl (C=O) groups is 3. The number of hydrogen-bond acceptors (Lipinski definition) is 5. The third kappa shape index (κ3) is 5.65. The summed E-state index contributed by atoms with van der Waals surface area (Å²) in [4.78, 5) is 33.9. The summed E-state index contributed by atoms with van der Waals surface area (Å²) in [5.74, 6) is -0.483. The smallest absolute Gasteiger partial charge is 0.308 e. The van der Waals surface area contributed by atoms with Crippen LogP contribution in [0, 0.1) is 0 Å². The highest BCUT2D eigenvalue weighted by Crippen LogP contribution is 2.16. The first-order valence-electron chi connectivity index (χ1n) is 6.50. The van der Waals surface area contributed by atoms with Crippen LogP contribution < -0.4 is 4.74 Å². The molecule has 0 bridgehead atoms. The molecule has 1 rings (SSSR count). The highest BCUT2D eigenvalue weighted by Gasteiger charge is 2.09. The standard InChI is InChI=1S/C15H18O5/c1-3-19-15(18)9-5-8-14(17)12-6-4-7-13(10-12)20-11(2)16/h4,6-7,10H,3,5,8-9H2,1-2H3. The van der Waals surface area contributed by atoms with Gasteiger partial charge in [-0.15, -0.1) is 0 Å². The Morgan fingerprint density at radius 2 is 1.90 bits per heavy atom. The summed E-state index contributed by atoms with van der Waals surface area (Å²) in [5, 5.41) is 0. The van der Waals surface area contributed by atoms with Crippen molar-refractivity contribution >= 4 is 17.7 Å². The van der Waals surface area contributed by atoms with E-state index >= 15 is 0 Å². The molecule has 0 aliphatic carbocycles. The molecule has 0 radical (unpaired) electrons. The van der Waals surface area contributed by atoms with E-state index in [0.29, 0.717) is 24.3 Å². The maximum atomic E-state index is 11.9. The normalized spacial score (nSPS) is 9.90. The van der Waals surface area contributed by atoms with Crippen molar-refractivity contribution < 1.29 is 23.9 Å². The van der Waals surface area contributed by atoms with Crippen LogP contribution in [0.5, 0.6) is 5.75 Å². The van der Waals surface area contributed by atoms with Gasteiger partial charge < -0.3 is 9.47 Å². The third-order valence-corrected chi connectivity index (χ3v) is 2.51. The van der Waals surface area contributed by atoms with Crippen molar-refractivity contribution in [3.05, 3.63) is 29.8 Å². The Labute approximate surface area is 117 Å². The van der Waals surface area contributed by atoms with E-state index in [0.717, 1.165) is 0 Å². The van der Waals surface area contributed by atoms with Crippen LogP contribution in [0.15, 0.2) is 24.3 Å². The number of rotatable bonds is 7. The summed E-state index contributed by atoms with van der Waals surface area (Å²) in [5.41, 5.74) is 0.465. The molecule has 0 saturated heterocycles. The zero-order valence-electron chi connectivity index (χ0n) is 11.7. The Bertz CT molecular complexity index is 493. The van der Waals surface area contributed by atoms with Crippen molar-refractivity contribution in [2.45, 2.75) is 33.1 Å². The Hall–Kier alpha value is -2.17. The molecular weight excluding hydrogens is 260 g/mol. The summed E-state index contributed by atoms with van der Waals surface area (Å²) in [7, 11) is 0. The molecule has 0 saturated carbocycles. The van der Waals surface area contributed by atoms with Crippen molar-refractivity contribution in [3.63, 3.8) is 0 Å². The van der Waals surface area contributed by atoms with Gasteiger partial charge in [0, 0.05) is 25.3 Å². The van der Waals surface area contributed by atoms with Gasteiger partial charge in [0.15, 0.2) is 5.78 Å². The summed E-state index contributed by atoms with van der Waals surface area (Å²) in [6.07, 6.45) is 0.918. The molecule has 5 nitrogen and oxygen atoms in total. The molecule has 0 atom stereocenters. The maximum Gasteiger partial charge on any atom is 0.308 e. The van der Waals surface area contributed by atoms with Crippen LogP contribution in [0.4, 0.5) is 0 Å². The molecule has 20 heavy (non-hydrogen) atoms. The number of Topliss-reactive ketones (excluding diaryl/α,β-unsaturated/α-hetero) is 1. The van der Waals surface area contributed by atoms with E-state index in [1.807, 2.05) is 0 Å². The lowest BCUT2D eigenvalue weighted by Gasteiger charge is -2.05. The minimum Gasteiger partial charge on any atom is -0.466 e. The van der Waals surface area contributed by atoms with Crippen molar-refractivity contribution in [2.24, 2.45) is 0 Å². The zero-order chi connectivity index (χ0) is 15.0. The Balaban J connectivity index is 2.51. The summed E-state index contributed by atoms with van der Waals surface area (Å²) in [6.45, 7) is 3.38. The van der Waals surface area contributed by atoms with Gasteiger partial charge in [-0.05, 0) is 25.5 Å². The fraction of sp³-hybridized carbons (Fsp3) is 0.400. The van der Waals surface area contributed by atoms with Gasteiger partial charge in [-0.3, -0.25) is 14.4 Å². The average molecular weight is 278 g/mol. The quantitative estimate of drug-likeness (QED) is 0.435. The first-order valence-corrected chi connectivity index (χ1v) is 6.50. The number of hydrogen-bond donors (Lipinski definition) is 0. The molecule has 1 aromatic rings. The molecule has 0 aromatic heterocycles. The zero-order valence-corrected chi connectivity index (χ0v) is 11.7. The second-order valence-corrected chi connectivity index (χ2v) is 4.20. The monoisotopic (exact) mass is 278 g/mol. The molecule has 0 spiro atoms. The number of ether oxygens (including phenoxy) is 2. The topological polar surface area (TPSA) is 69.7 Å². The summed E-state index contributed by atoms with van der Waals surface area (Å²) < 4.78 is 9.70. The maximum absolute atomic E-state index is 11.9. The van der Waals surface area contributed by atoms with E-state index in [-0.39, 0.29) is 24.6 Å². The van der Waals surface area contributed by atoms with Crippen molar-refractivity contribution in [2.75, 3.05) is 6.61 Å². The molecular formula is C15H18O5. The van der Waals surface area contributed by atoms with Crippen LogP contribution in [0.1, 0.15) is 43.5 Å². The molecule has 108 valence electrons. The first kappa shape index (κ1) is 15.9. The Morgan fingerprint density at radius 3 is 2.55 bits per heavy atom. The van der Waals surface area contributed by atoms with E-state index in [4.69, 9.17) is 9.47 Å². The van der Waals surface area contributed by atoms with E-state index < -0.39 is 5.97 Å². The van der Waals surface area contributed by atoms with Crippen LogP contribution in [0.25, 0.3) is 0 Å². The van der Waals surface area contributed by atoms with E-state index in [9.17, 15) is 14.4 Å². The minimum atomic E-state index is -0.433. The lowest BCUT2D eigenvalue weighted by molar-refractivity contribution is -0.143. The van der Waals surface area contributed by atoms with Gasteiger partial charge in [-0.1, -0.05) is 12.1 Å². The van der Waals surface area contributed by atoms with Crippen molar-refractivity contribution in [1.29, 1.82) is 0 Å². The minimum absolute atomic E-state index is 0.0942. The van der Waals surface area contributed by atoms with Gasteiger partial charge in [-0.25, -0.2) is 0 Å². The Morgan fingerprint density at radius 1 is 1.15 bits per heavy atom. The fourth-order valence-corrected chi connectivity index (χ4v) is 1.67. The van der Waals surface area contributed by atoms with Crippen molar-refractivity contribution in [3.8, 4) is 5.75 Å². The number of ketones is 1. The molecule has 0 heterocycles. The predicted molar refractivity (Wildman–Crippen MR) is 72.6 cm³/mol. The van der Waals surface area contributed by atoms with E-state index in [1.165, 1.54) is 13.0 Å². The molecule has 0 amide bonds. The highest BCUT2D eigenvalue weighted by atomic mass is 16.5. The van der Waals surface area contributed by atoms with Gasteiger partial charge in [0.25, 0.3) is 0 Å². The molecule has 0 aliphatic rings. The predicted octanol–water partition coefficient (Wildman–Crippen LogP) is 2.53. The second-order valence-electron chi connectivity index (χ2n) is 4.20. The molecule has 0 fully saturated rings. The van der Waals surface area contributed by atoms with Crippen LogP contribution in [0.3, 0.4) is 0 Å². The van der Waals surface area contributed by atoms with Gasteiger partial charge in [0.2, 0.25) is 0 Å². The van der Waals surface area contributed by atoms with E-state index in [1.54, 1.807) is 25.1 Å². The highest BCUT2D eigenvalue weighted by molar-refractivity contribution is 5.96. The van der Waals surface area contributed by atoms with Crippen LogP contribution in [0.2, 0.25) is 0 Å². The summed E-state index contributed by atoms with van der Waals surface area (Å²) in [6, 6.07) is 6.43. The van der Waals surface area contributed by atoms with Gasteiger partial charge >= 0.3 is 11.9 Å².